The molecule has 0 unspecified atom stereocenters. The lowest BCUT2D eigenvalue weighted by atomic mass is 10.1. The van der Waals surface area contributed by atoms with Gasteiger partial charge in [-0.05, 0) is 25.1 Å². The molecule has 1 aromatic carbocycles. The summed E-state index contributed by atoms with van der Waals surface area (Å²) in [5.41, 5.74) is 0.0421. The molecule has 1 aliphatic rings. The van der Waals surface area contributed by atoms with Crippen LogP contribution in [-0.4, -0.2) is 57.6 Å². The van der Waals surface area contributed by atoms with E-state index < -0.39 is 36.4 Å². The summed E-state index contributed by atoms with van der Waals surface area (Å²) < 4.78 is 75.4. The van der Waals surface area contributed by atoms with Gasteiger partial charge in [0.25, 0.3) is 12.3 Å². The SMILES string of the molecule is C[C@H]1CN(C(=O)c2ccc(-c3nccc4c3nc(C(C)(F)F)n4CC(F)F)cc2F)CCO1. The quantitative estimate of drug-likeness (QED) is 0.519. The second-order valence-corrected chi connectivity index (χ2v) is 7.98. The number of ether oxygens (including phenoxy) is 1. The minimum Gasteiger partial charge on any atom is -0.375 e. The van der Waals surface area contributed by atoms with E-state index in [1.54, 1.807) is 0 Å². The van der Waals surface area contributed by atoms with Crippen molar-refractivity contribution < 1.29 is 31.5 Å². The van der Waals surface area contributed by atoms with Gasteiger partial charge < -0.3 is 14.2 Å². The number of morpholine rings is 1. The van der Waals surface area contributed by atoms with Gasteiger partial charge in [0.2, 0.25) is 0 Å². The number of pyridine rings is 1. The fourth-order valence-corrected chi connectivity index (χ4v) is 3.93. The van der Waals surface area contributed by atoms with Gasteiger partial charge in [-0.25, -0.2) is 18.2 Å². The van der Waals surface area contributed by atoms with E-state index in [2.05, 4.69) is 9.97 Å². The molecule has 0 spiro atoms. The highest BCUT2D eigenvalue weighted by Gasteiger charge is 2.33. The minimum atomic E-state index is -3.48. The van der Waals surface area contributed by atoms with Crippen LogP contribution in [-0.2, 0) is 17.2 Å². The number of rotatable bonds is 5. The van der Waals surface area contributed by atoms with Crippen LogP contribution in [0, 0.1) is 5.82 Å². The van der Waals surface area contributed by atoms with Crippen molar-refractivity contribution in [3.05, 3.63) is 47.7 Å². The Balaban J connectivity index is 1.76. The summed E-state index contributed by atoms with van der Waals surface area (Å²) in [4.78, 5) is 22.2. The number of fused-ring (bicyclic) bond motifs is 1. The maximum absolute atomic E-state index is 14.9. The minimum absolute atomic E-state index is 0.0275. The highest BCUT2D eigenvalue weighted by molar-refractivity contribution is 5.96. The van der Waals surface area contributed by atoms with Crippen LogP contribution in [0.25, 0.3) is 22.3 Å². The number of amides is 1. The standard InChI is InChI=1S/C22H21F5N4O2/c1-12-10-30(7-8-33-12)20(32)14-4-3-13(9-15(14)23)18-19-16(5-6-28-18)31(11-17(24)25)21(29-19)22(2,26)27/h3-6,9,12,17H,7-8,10-11H2,1-2H3/t12-/m0/s1. The second-order valence-electron chi connectivity index (χ2n) is 7.98. The molecule has 0 saturated carbocycles. The molecule has 33 heavy (non-hydrogen) atoms. The zero-order chi connectivity index (χ0) is 23.9. The van der Waals surface area contributed by atoms with Crippen molar-refractivity contribution in [1.82, 2.24) is 19.4 Å². The Bertz CT molecular complexity index is 1190. The molecule has 1 aliphatic heterocycles. The molecule has 6 nitrogen and oxygen atoms in total. The fourth-order valence-electron chi connectivity index (χ4n) is 3.93. The van der Waals surface area contributed by atoms with Gasteiger partial charge in [-0.3, -0.25) is 9.78 Å². The maximum Gasteiger partial charge on any atom is 0.302 e. The van der Waals surface area contributed by atoms with Crippen LogP contribution < -0.4 is 0 Å². The van der Waals surface area contributed by atoms with Crippen LogP contribution in [0.1, 0.15) is 30.0 Å². The summed E-state index contributed by atoms with van der Waals surface area (Å²) in [6, 6.07) is 5.09. The lowest BCUT2D eigenvalue weighted by molar-refractivity contribution is -0.0125. The van der Waals surface area contributed by atoms with Crippen LogP contribution in [0.5, 0.6) is 0 Å². The number of aromatic nitrogens is 3. The molecule has 3 aromatic rings. The maximum atomic E-state index is 14.9. The number of halogens is 5. The summed E-state index contributed by atoms with van der Waals surface area (Å²) in [6.07, 6.45) is -1.79. The summed E-state index contributed by atoms with van der Waals surface area (Å²) >= 11 is 0. The molecule has 1 amide bonds. The number of alkyl halides is 4. The molecule has 3 heterocycles. The van der Waals surface area contributed by atoms with E-state index >= 15 is 0 Å². The Morgan fingerprint density at radius 3 is 2.70 bits per heavy atom. The van der Waals surface area contributed by atoms with Gasteiger partial charge in [0.15, 0.2) is 5.82 Å². The van der Waals surface area contributed by atoms with Gasteiger partial charge in [0.1, 0.15) is 11.3 Å². The Morgan fingerprint density at radius 2 is 2.06 bits per heavy atom. The Labute approximate surface area is 186 Å². The van der Waals surface area contributed by atoms with Crippen LogP contribution >= 0.6 is 0 Å². The lowest BCUT2D eigenvalue weighted by Crippen LogP contribution is -2.44. The number of carbonyl (C=O) groups excluding carboxylic acids is 1. The third-order valence-electron chi connectivity index (χ3n) is 5.38. The summed E-state index contributed by atoms with van der Waals surface area (Å²) in [7, 11) is 0. The van der Waals surface area contributed by atoms with Crippen molar-refractivity contribution in [3.8, 4) is 11.3 Å². The molecule has 0 N–H and O–H groups in total. The molecule has 0 aliphatic carbocycles. The highest BCUT2D eigenvalue weighted by Crippen LogP contribution is 2.34. The van der Waals surface area contributed by atoms with E-state index in [-0.39, 0.29) is 34.0 Å². The Kier molecular flexibility index (Phi) is 6.08. The van der Waals surface area contributed by atoms with Crippen LogP contribution in [0.3, 0.4) is 0 Å². The molecule has 11 heteroatoms. The first kappa shape index (κ1) is 23.1. The average Bonchev–Trinajstić information content (AvgIpc) is 3.11. The monoisotopic (exact) mass is 468 g/mol. The van der Waals surface area contributed by atoms with Crippen molar-refractivity contribution in [2.75, 3.05) is 19.7 Å². The van der Waals surface area contributed by atoms with Gasteiger partial charge in [-0.15, -0.1) is 0 Å². The molecular weight excluding hydrogens is 447 g/mol. The van der Waals surface area contributed by atoms with Crippen molar-refractivity contribution >= 4 is 16.9 Å². The average molecular weight is 468 g/mol. The third-order valence-corrected chi connectivity index (χ3v) is 5.38. The van der Waals surface area contributed by atoms with Crippen molar-refractivity contribution in [2.24, 2.45) is 0 Å². The van der Waals surface area contributed by atoms with E-state index in [0.717, 1.165) is 10.6 Å². The largest absolute Gasteiger partial charge is 0.375 e. The normalized spacial score (nSPS) is 17.2. The predicted octanol–water partition coefficient (Wildman–Crippen LogP) is 4.48. The van der Waals surface area contributed by atoms with E-state index in [9.17, 15) is 26.7 Å². The van der Waals surface area contributed by atoms with Crippen molar-refractivity contribution in [2.45, 2.75) is 38.8 Å². The molecule has 176 valence electrons. The summed E-state index contributed by atoms with van der Waals surface area (Å²) in [5, 5.41) is 0. The first-order chi connectivity index (χ1) is 15.6. The second kappa shape index (κ2) is 8.69. The van der Waals surface area contributed by atoms with Crippen LogP contribution in [0.15, 0.2) is 30.5 Å². The zero-order valence-electron chi connectivity index (χ0n) is 17.9. The molecule has 1 atom stereocenters. The van der Waals surface area contributed by atoms with E-state index in [4.69, 9.17) is 4.74 Å². The molecule has 2 aromatic heterocycles. The van der Waals surface area contributed by atoms with Crippen molar-refractivity contribution in [3.63, 3.8) is 0 Å². The number of nitrogens with zero attached hydrogens (tertiary/aromatic N) is 4. The lowest BCUT2D eigenvalue weighted by Gasteiger charge is -2.31. The first-order valence-electron chi connectivity index (χ1n) is 10.3. The predicted molar refractivity (Wildman–Crippen MR) is 110 cm³/mol. The first-order valence-corrected chi connectivity index (χ1v) is 10.3. The number of hydrogen-bond acceptors (Lipinski definition) is 4. The molecular formula is C22H21F5N4O2. The van der Waals surface area contributed by atoms with E-state index in [0.29, 0.717) is 26.6 Å². The van der Waals surface area contributed by atoms with E-state index in [1.165, 1.54) is 29.3 Å². The van der Waals surface area contributed by atoms with Gasteiger partial charge >= 0.3 is 5.92 Å². The topological polar surface area (TPSA) is 60.2 Å². The number of imidazole rings is 1. The van der Waals surface area contributed by atoms with Crippen molar-refractivity contribution in [1.29, 1.82) is 0 Å². The summed E-state index contributed by atoms with van der Waals surface area (Å²) in [6.45, 7) is 2.42. The Hall–Kier alpha value is -3.08. The zero-order valence-corrected chi connectivity index (χ0v) is 17.9. The summed E-state index contributed by atoms with van der Waals surface area (Å²) in [5.74, 6) is -5.62. The Morgan fingerprint density at radius 1 is 1.30 bits per heavy atom. The van der Waals surface area contributed by atoms with Gasteiger partial charge in [0.05, 0.1) is 36.0 Å². The smallest absolute Gasteiger partial charge is 0.302 e. The number of hydrogen-bond donors (Lipinski definition) is 0. The number of carbonyl (C=O) groups is 1. The molecule has 1 fully saturated rings. The third kappa shape index (κ3) is 4.54. The molecule has 1 saturated heterocycles. The fraction of sp³-hybridized carbons (Fsp3) is 0.409. The molecule has 0 radical (unpaired) electrons. The van der Waals surface area contributed by atoms with Crippen LogP contribution in [0.4, 0.5) is 22.0 Å². The van der Waals surface area contributed by atoms with Crippen LogP contribution in [0.2, 0.25) is 0 Å². The highest BCUT2D eigenvalue weighted by atomic mass is 19.3. The van der Waals surface area contributed by atoms with Gasteiger partial charge in [-0.2, -0.15) is 8.78 Å². The molecule has 0 bridgehead atoms. The number of benzene rings is 1. The van der Waals surface area contributed by atoms with Gasteiger partial charge in [0, 0.05) is 31.8 Å². The molecule has 4 rings (SSSR count). The van der Waals surface area contributed by atoms with Gasteiger partial charge in [-0.1, -0.05) is 6.07 Å². The van der Waals surface area contributed by atoms with E-state index in [1.807, 2.05) is 6.92 Å².